The van der Waals surface area contributed by atoms with E-state index in [1.807, 2.05) is 26.0 Å². The molecule has 0 saturated heterocycles. The lowest BCUT2D eigenvalue weighted by Crippen LogP contribution is -2.39. The van der Waals surface area contributed by atoms with Gasteiger partial charge in [0, 0.05) is 13.1 Å². The molecule has 1 aromatic rings. The van der Waals surface area contributed by atoms with Crippen LogP contribution in [0.3, 0.4) is 0 Å². The lowest BCUT2D eigenvalue weighted by molar-refractivity contribution is 0.466. The summed E-state index contributed by atoms with van der Waals surface area (Å²) in [5, 5.41) is 16.3. The van der Waals surface area contributed by atoms with Gasteiger partial charge in [-0.25, -0.2) is 4.99 Å². The van der Waals surface area contributed by atoms with Gasteiger partial charge in [0.1, 0.15) is 5.75 Å². The minimum Gasteiger partial charge on any atom is -0.507 e. The fraction of sp³-hybridized carbons (Fsp3) is 0.562. The van der Waals surface area contributed by atoms with E-state index in [9.17, 15) is 5.11 Å². The highest BCUT2D eigenvalue weighted by atomic mass is 16.3. The van der Waals surface area contributed by atoms with Gasteiger partial charge in [0.25, 0.3) is 0 Å². The van der Waals surface area contributed by atoms with Crippen LogP contribution in [0, 0.1) is 19.8 Å². The summed E-state index contributed by atoms with van der Waals surface area (Å²) in [4.78, 5) is 4.58. The van der Waals surface area contributed by atoms with Crippen LogP contribution in [0.1, 0.15) is 37.5 Å². The molecule has 112 valence electrons. The highest BCUT2D eigenvalue weighted by Gasteiger charge is 2.04. The molecule has 0 heterocycles. The summed E-state index contributed by atoms with van der Waals surface area (Å²) in [7, 11) is 0. The Hall–Kier alpha value is -1.71. The number of benzene rings is 1. The van der Waals surface area contributed by atoms with E-state index in [0.29, 0.717) is 18.2 Å². The topological polar surface area (TPSA) is 56.7 Å². The lowest BCUT2D eigenvalue weighted by atomic mass is 10.1. The van der Waals surface area contributed by atoms with Gasteiger partial charge in [-0.1, -0.05) is 26.0 Å². The molecule has 4 heteroatoms. The summed E-state index contributed by atoms with van der Waals surface area (Å²) in [6, 6.07) is 3.97. The van der Waals surface area contributed by atoms with Crippen LogP contribution in [0.15, 0.2) is 17.1 Å². The molecule has 0 aliphatic carbocycles. The minimum absolute atomic E-state index is 0.377. The van der Waals surface area contributed by atoms with Crippen molar-refractivity contribution >= 4 is 5.96 Å². The summed E-state index contributed by atoms with van der Waals surface area (Å²) in [5.41, 5.74) is 2.91. The number of hydrogen-bond donors (Lipinski definition) is 3. The molecule has 0 bridgehead atoms. The number of aliphatic imine (C=N–C) groups is 1. The maximum atomic E-state index is 9.78. The zero-order valence-electron chi connectivity index (χ0n) is 13.2. The molecule has 0 fully saturated rings. The van der Waals surface area contributed by atoms with Gasteiger partial charge in [-0.15, -0.1) is 0 Å². The van der Waals surface area contributed by atoms with Crippen LogP contribution in [-0.2, 0) is 6.54 Å². The number of phenolic OH excluding ortho intramolecular Hbond substituents is 1. The molecule has 0 aliphatic rings. The van der Waals surface area contributed by atoms with Gasteiger partial charge in [0.15, 0.2) is 5.96 Å². The Kier molecular flexibility index (Phi) is 6.36. The van der Waals surface area contributed by atoms with Crippen molar-refractivity contribution in [3.05, 3.63) is 28.8 Å². The molecule has 0 spiro atoms. The molecule has 0 aromatic heterocycles. The van der Waals surface area contributed by atoms with Crippen molar-refractivity contribution < 1.29 is 5.11 Å². The van der Waals surface area contributed by atoms with Crippen LogP contribution >= 0.6 is 0 Å². The predicted octanol–water partition coefficient (Wildman–Crippen LogP) is 2.72. The van der Waals surface area contributed by atoms with Crippen LogP contribution in [0.5, 0.6) is 5.75 Å². The number of nitrogens with one attached hydrogen (secondary N) is 2. The number of nitrogens with zero attached hydrogens (tertiary/aromatic N) is 1. The first-order valence-corrected chi connectivity index (χ1v) is 7.25. The Labute approximate surface area is 122 Å². The Morgan fingerprint density at radius 1 is 1.20 bits per heavy atom. The van der Waals surface area contributed by atoms with Crippen molar-refractivity contribution in [2.75, 3.05) is 13.1 Å². The van der Waals surface area contributed by atoms with Crippen LogP contribution in [0.25, 0.3) is 0 Å². The first-order chi connectivity index (χ1) is 9.43. The Morgan fingerprint density at radius 3 is 2.30 bits per heavy atom. The van der Waals surface area contributed by atoms with Gasteiger partial charge in [-0.2, -0.15) is 0 Å². The van der Waals surface area contributed by atoms with E-state index in [2.05, 4.69) is 36.4 Å². The molecule has 0 radical (unpaired) electrons. The van der Waals surface area contributed by atoms with Crippen LogP contribution in [0.2, 0.25) is 0 Å². The molecule has 0 aliphatic heterocycles. The lowest BCUT2D eigenvalue weighted by Gasteiger charge is -2.13. The van der Waals surface area contributed by atoms with Crippen molar-refractivity contribution in [3.8, 4) is 5.75 Å². The highest BCUT2D eigenvalue weighted by molar-refractivity contribution is 5.79. The van der Waals surface area contributed by atoms with E-state index < -0.39 is 0 Å². The van der Waals surface area contributed by atoms with Crippen molar-refractivity contribution in [2.24, 2.45) is 10.9 Å². The van der Waals surface area contributed by atoms with Gasteiger partial charge < -0.3 is 15.7 Å². The predicted molar refractivity (Wildman–Crippen MR) is 85.2 cm³/mol. The third kappa shape index (κ3) is 5.11. The van der Waals surface area contributed by atoms with Crippen LogP contribution in [0.4, 0.5) is 0 Å². The molecule has 1 rings (SSSR count). The molecular weight excluding hydrogens is 250 g/mol. The van der Waals surface area contributed by atoms with E-state index >= 15 is 0 Å². The number of guanidine groups is 1. The Morgan fingerprint density at radius 2 is 1.80 bits per heavy atom. The second kappa shape index (κ2) is 7.78. The second-order valence-corrected chi connectivity index (χ2v) is 5.55. The maximum Gasteiger partial charge on any atom is 0.191 e. The molecule has 0 atom stereocenters. The second-order valence-electron chi connectivity index (χ2n) is 5.55. The van der Waals surface area contributed by atoms with E-state index in [0.717, 1.165) is 35.7 Å². The largest absolute Gasteiger partial charge is 0.507 e. The smallest absolute Gasteiger partial charge is 0.191 e. The summed E-state index contributed by atoms with van der Waals surface area (Å²) in [5.74, 6) is 1.80. The van der Waals surface area contributed by atoms with Crippen molar-refractivity contribution in [3.63, 3.8) is 0 Å². The molecule has 0 amide bonds. The first kappa shape index (κ1) is 16.3. The molecular formula is C16H27N3O. The zero-order valence-corrected chi connectivity index (χ0v) is 13.2. The van der Waals surface area contributed by atoms with Crippen molar-refractivity contribution in [1.29, 1.82) is 0 Å². The van der Waals surface area contributed by atoms with Crippen LogP contribution < -0.4 is 10.6 Å². The number of rotatable bonds is 5. The number of phenols is 1. The molecule has 3 N–H and O–H groups in total. The molecule has 0 unspecified atom stereocenters. The standard InChI is InChI=1S/C16H27N3O/c1-6-17-16(18-9-11(2)3)19-10-14-7-12(4)15(20)13(5)8-14/h7-8,11,20H,6,9-10H2,1-5H3,(H2,17,18,19). The number of aromatic hydroxyl groups is 1. The summed E-state index contributed by atoms with van der Waals surface area (Å²) < 4.78 is 0. The number of aryl methyl sites for hydroxylation is 2. The third-order valence-corrected chi connectivity index (χ3v) is 2.99. The average Bonchev–Trinajstić information content (AvgIpc) is 2.38. The van der Waals surface area contributed by atoms with Crippen LogP contribution in [-0.4, -0.2) is 24.2 Å². The third-order valence-electron chi connectivity index (χ3n) is 2.99. The monoisotopic (exact) mass is 277 g/mol. The van der Waals surface area contributed by atoms with Gasteiger partial charge in [0.2, 0.25) is 0 Å². The average molecular weight is 277 g/mol. The van der Waals surface area contributed by atoms with E-state index in [1.165, 1.54) is 0 Å². The minimum atomic E-state index is 0.377. The molecule has 4 nitrogen and oxygen atoms in total. The SMILES string of the molecule is CCNC(=NCc1cc(C)c(O)c(C)c1)NCC(C)C. The normalized spacial score (nSPS) is 11.8. The Balaban J connectivity index is 2.76. The molecule has 20 heavy (non-hydrogen) atoms. The van der Waals surface area contributed by atoms with Gasteiger partial charge in [-0.05, 0) is 43.4 Å². The maximum absolute atomic E-state index is 9.78. The van der Waals surface area contributed by atoms with Gasteiger partial charge in [-0.3, -0.25) is 0 Å². The van der Waals surface area contributed by atoms with E-state index in [-0.39, 0.29) is 0 Å². The van der Waals surface area contributed by atoms with Gasteiger partial charge >= 0.3 is 0 Å². The summed E-state index contributed by atoms with van der Waals surface area (Å²) in [6.45, 7) is 12.6. The summed E-state index contributed by atoms with van der Waals surface area (Å²) >= 11 is 0. The van der Waals surface area contributed by atoms with Crippen molar-refractivity contribution in [2.45, 2.75) is 41.2 Å². The summed E-state index contributed by atoms with van der Waals surface area (Å²) in [6.07, 6.45) is 0. The molecule has 1 aromatic carbocycles. The Bertz CT molecular complexity index is 444. The quantitative estimate of drug-likeness (QED) is 0.573. The van der Waals surface area contributed by atoms with Crippen molar-refractivity contribution in [1.82, 2.24) is 10.6 Å². The van der Waals surface area contributed by atoms with E-state index in [1.54, 1.807) is 0 Å². The van der Waals surface area contributed by atoms with Gasteiger partial charge in [0.05, 0.1) is 6.54 Å². The molecule has 0 saturated carbocycles. The first-order valence-electron chi connectivity index (χ1n) is 7.25. The van der Waals surface area contributed by atoms with E-state index in [4.69, 9.17) is 0 Å². The highest BCUT2D eigenvalue weighted by Crippen LogP contribution is 2.23. The number of hydrogen-bond acceptors (Lipinski definition) is 2. The zero-order chi connectivity index (χ0) is 15.1. The fourth-order valence-electron chi connectivity index (χ4n) is 1.95. The fourth-order valence-corrected chi connectivity index (χ4v) is 1.95.